The third kappa shape index (κ3) is 5.78. The van der Waals surface area contributed by atoms with Crippen molar-refractivity contribution in [2.75, 3.05) is 31.2 Å². The van der Waals surface area contributed by atoms with E-state index in [1.54, 1.807) is 13.0 Å². The van der Waals surface area contributed by atoms with Gasteiger partial charge in [0.05, 0.1) is 29.6 Å². The lowest BCUT2D eigenvalue weighted by Crippen LogP contribution is -2.36. The highest BCUT2D eigenvalue weighted by molar-refractivity contribution is 8.00. The number of hydrogen-bond acceptors (Lipinski definition) is 7. The summed E-state index contributed by atoms with van der Waals surface area (Å²) in [7, 11) is 0. The lowest BCUT2D eigenvalue weighted by Gasteiger charge is -2.29. The van der Waals surface area contributed by atoms with Gasteiger partial charge in [-0.3, -0.25) is 14.9 Å². The molecule has 0 saturated carbocycles. The minimum Gasteiger partial charge on any atom is -0.378 e. The number of amides is 1. The van der Waals surface area contributed by atoms with Crippen molar-refractivity contribution in [3.8, 4) is 0 Å². The van der Waals surface area contributed by atoms with E-state index in [-0.39, 0.29) is 16.8 Å². The third-order valence-corrected chi connectivity index (χ3v) is 5.49. The van der Waals surface area contributed by atoms with E-state index < -0.39 is 4.92 Å². The molecule has 0 bridgehead atoms. The molecule has 1 fully saturated rings. The van der Waals surface area contributed by atoms with Crippen LogP contribution in [0.5, 0.6) is 0 Å². The minimum atomic E-state index is -0.447. The first-order valence-corrected chi connectivity index (χ1v) is 10.1. The highest BCUT2D eigenvalue weighted by atomic mass is 32.2. The number of morpholine rings is 1. The molecular formula is C20H22N4O4S. The molecule has 8 nitrogen and oxygen atoms in total. The average Bonchev–Trinajstić information content (AvgIpc) is 2.75. The lowest BCUT2D eigenvalue weighted by molar-refractivity contribution is -0.384. The zero-order chi connectivity index (χ0) is 20.6. The van der Waals surface area contributed by atoms with Crippen molar-refractivity contribution >= 4 is 35.3 Å². The van der Waals surface area contributed by atoms with E-state index in [9.17, 15) is 14.9 Å². The highest BCUT2D eigenvalue weighted by Gasteiger charge is 2.18. The van der Waals surface area contributed by atoms with Crippen LogP contribution in [-0.2, 0) is 9.53 Å². The molecule has 0 aromatic heterocycles. The fourth-order valence-electron chi connectivity index (χ4n) is 2.86. The number of thioether (sulfide) groups is 1. The second kappa shape index (κ2) is 10.0. The van der Waals surface area contributed by atoms with Crippen molar-refractivity contribution in [3.63, 3.8) is 0 Å². The Morgan fingerprint density at radius 3 is 2.69 bits per heavy atom. The zero-order valence-electron chi connectivity index (χ0n) is 16.0. The molecule has 1 aliphatic rings. The summed E-state index contributed by atoms with van der Waals surface area (Å²) < 4.78 is 5.37. The van der Waals surface area contributed by atoms with Gasteiger partial charge >= 0.3 is 0 Å². The summed E-state index contributed by atoms with van der Waals surface area (Å²) >= 11 is 1.43. The predicted octanol–water partition coefficient (Wildman–Crippen LogP) is 3.06. The van der Waals surface area contributed by atoms with Crippen LogP contribution in [0.3, 0.4) is 0 Å². The summed E-state index contributed by atoms with van der Waals surface area (Å²) in [5.41, 5.74) is 3.90. The topological polar surface area (TPSA) is 97.1 Å². The Labute approximate surface area is 173 Å². The van der Waals surface area contributed by atoms with Crippen molar-refractivity contribution in [2.24, 2.45) is 5.10 Å². The monoisotopic (exact) mass is 414 g/mol. The fraction of sp³-hybridized carbons (Fsp3) is 0.300. The number of ether oxygens (including phenoxy) is 1. The number of carbonyl (C=O) groups is 1. The maximum absolute atomic E-state index is 12.3. The molecule has 2 aromatic rings. The number of nitro benzene ring substituents is 1. The number of hydrazone groups is 1. The SMILES string of the molecule is C[C@H](Sc1ccccc1)C(=O)N/N=C\c1cc([N+](=O)[O-])ccc1N1CCOCC1. The average molecular weight is 414 g/mol. The summed E-state index contributed by atoms with van der Waals surface area (Å²) in [4.78, 5) is 26.1. The van der Waals surface area contributed by atoms with E-state index in [0.29, 0.717) is 31.9 Å². The van der Waals surface area contributed by atoms with Crippen LogP contribution in [0.1, 0.15) is 12.5 Å². The first kappa shape index (κ1) is 20.8. The van der Waals surface area contributed by atoms with E-state index in [2.05, 4.69) is 15.4 Å². The van der Waals surface area contributed by atoms with E-state index in [1.807, 2.05) is 30.3 Å². The molecule has 1 atom stereocenters. The van der Waals surface area contributed by atoms with Crippen LogP contribution >= 0.6 is 11.8 Å². The Morgan fingerprint density at radius 1 is 1.28 bits per heavy atom. The van der Waals surface area contributed by atoms with Gasteiger partial charge in [0.25, 0.3) is 11.6 Å². The molecule has 3 rings (SSSR count). The van der Waals surface area contributed by atoms with E-state index >= 15 is 0 Å². The summed E-state index contributed by atoms with van der Waals surface area (Å²) in [6.07, 6.45) is 1.45. The molecule has 152 valence electrons. The summed E-state index contributed by atoms with van der Waals surface area (Å²) in [5, 5.41) is 14.8. The van der Waals surface area contributed by atoms with Gasteiger partial charge in [-0.1, -0.05) is 18.2 Å². The van der Waals surface area contributed by atoms with Gasteiger partial charge in [-0.2, -0.15) is 5.10 Å². The van der Waals surface area contributed by atoms with Gasteiger partial charge in [0.15, 0.2) is 0 Å². The number of hydrogen-bond donors (Lipinski definition) is 1. The van der Waals surface area contributed by atoms with Crippen LogP contribution in [0.2, 0.25) is 0 Å². The molecule has 0 unspecified atom stereocenters. The van der Waals surface area contributed by atoms with Crippen LogP contribution in [0.15, 0.2) is 58.5 Å². The number of carbonyl (C=O) groups excluding carboxylic acids is 1. The van der Waals surface area contributed by atoms with Crippen LogP contribution in [-0.4, -0.2) is 48.6 Å². The molecular weight excluding hydrogens is 392 g/mol. The maximum Gasteiger partial charge on any atom is 0.270 e. The van der Waals surface area contributed by atoms with E-state index in [1.165, 1.54) is 30.1 Å². The Kier molecular flexibility index (Phi) is 7.20. The third-order valence-electron chi connectivity index (χ3n) is 4.38. The second-order valence-electron chi connectivity index (χ2n) is 6.41. The number of nitrogens with zero attached hydrogens (tertiary/aromatic N) is 3. The highest BCUT2D eigenvalue weighted by Crippen LogP contribution is 2.25. The standard InChI is InChI=1S/C20H22N4O4S/c1-15(29-18-5-3-2-4-6-18)20(25)22-21-14-16-13-17(24(26)27)7-8-19(16)23-9-11-28-12-10-23/h2-8,13-15H,9-12H2,1H3,(H,22,25)/b21-14-/t15-/m0/s1. The molecule has 1 aliphatic heterocycles. The molecule has 1 heterocycles. The summed E-state index contributed by atoms with van der Waals surface area (Å²) in [6.45, 7) is 4.37. The van der Waals surface area contributed by atoms with Crippen molar-refractivity contribution in [1.82, 2.24) is 5.43 Å². The van der Waals surface area contributed by atoms with Crippen molar-refractivity contribution < 1.29 is 14.5 Å². The van der Waals surface area contributed by atoms with Crippen molar-refractivity contribution in [2.45, 2.75) is 17.1 Å². The molecule has 0 spiro atoms. The molecule has 0 radical (unpaired) electrons. The number of nitro groups is 1. The molecule has 1 amide bonds. The molecule has 1 N–H and O–H groups in total. The fourth-order valence-corrected chi connectivity index (χ4v) is 3.75. The predicted molar refractivity (Wildman–Crippen MR) is 114 cm³/mol. The van der Waals surface area contributed by atoms with Gasteiger partial charge in [-0.15, -0.1) is 11.8 Å². The molecule has 0 aliphatic carbocycles. The molecule has 1 saturated heterocycles. The summed E-state index contributed by atoms with van der Waals surface area (Å²) in [5.74, 6) is -0.242. The van der Waals surface area contributed by atoms with Gasteiger partial charge in [0.1, 0.15) is 0 Å². The van der Waals surface area contributed by atoms with E-state index in [0.717, 1.165) is 10.6 Å². The lowest BCUT2D eigenvalue weighted by atomic mass is 10.1. The van der Waals surface area contributed by atoms with Crippen LogP contribution in [0, 0.1) is 10.1 Å². The molecule has 29 heavy (non-hydrogen) atoms. The van der Waals surface area contributed by atoms with Gasteiger partial charge in [-0.05, 0) is 25.1 Å². The second-order valence-corrected chi connectivity index (χ2v) is 7.82. The number of rotatable bonds is 7. The van der Waals surface area contributed by atoms with Crippen LogP contribution < -0.4 is 10.3 Å². The Balaban J connectivity index is 1.70. The van der Waals surface area contributed by atoms with Crippen molar-refractivity contribution in [1.29, 1.82) is 0 Å². The minimum absolute atomic E-state index is 0.0252. The van der Waals surface area contributed by atoms with Gasteiger partial charge in [-0.25, -0.2) is 5.43 Å². The van der Waals surface area contributed by atoms with Crippen LogP contribution in [0.25, 0.3) is 0 Å². The van der Waals surface area contributed by atoms with Crippen LogP contribution in [0.4, 0.5) is 11.4 Å². The van der Waals surface area contributed by atoms with Gasteiger partial charge in [0.2, 0.25) is 0 Å². The first-order chi connectivity index (χ1) is 14.0. The van der Waals surface area contributed by atoms with Gasteiger partial charge < -0.3 is 9.64 Å². The Morgan fingerprint density at radius 2 is 2.00 bits per heavy atom. The number of non-ortho nitro benzene ring substituents is 1. The molecule has 9 heteroatoms. The number of benzene rings is 2. The summed E-state index contributed by atoms with van der Waals surface area (Å²) in [6, 6.07) is 14.3. The van der Waals surface area contributed by atoms with E-state index in [4.69, 9.17) is 4.74 Å². The number of anilines is 1. The Bertz CT molecular complexity index is 885. The smallest absolute Gasteiger partial charge is 0.270 e. The molecule has 2 aromatic carbocycles. The Hall–Kier alpha value is -2.91. The largest absolute Gasteiger partial charge is 0.378 e. The first-order valence-electron chi connectivity index (χ1n) is 9.20. The van der Waals surface area contributed by atoms with Gasteiger partial charge in [0, 0.05) is 41.4 Å². The quantitative estimate of drug-likeness (QED) is 0.324. The zero-order valence-corrected chi connectivity index (χ0v) is 16.8. The van der Waals surface area contributed by atoms with Crippen molar-refractivity contribution in [3.05, 3.63) is 64.2 Å². The normalized spacial score (nSPS) is 15.3. The maximum atomic E-state index is 12.3. The number of nitrogens with one attached hydrogen (secondary N) is 1.